The van der Waals surface area contributed by atoms with Crippen molar-refractivity contribution in [2.45, 2.75) is 32.6 Å². The number of hydrogen-bond acceptors (Lipinski definition) is 3. The summed E-state index contributed by atoms with van der Waals surface area (Å²) in [4.78, 5) is 12.4. The molecule has 4 nitrogen and oxygen atoms in total. The first-order valence-electron chi connectivity index (χ1n) is 7.71. The van der Waals surface area contributed by atoms with Crippen molar-refractivity contribution in [3.63, 3.8) is 0 Å². The molecule has 2 rings (SSSR count). The highest BCUT2D eigenvalue weighted by atomic mass is 35.5. The lowest BCUT2D eigenvalue weighted by atomic mass is 9.90. The first-order chi connectivity index (χ1) is 10.4. The number of sulfonamides is 1. The molecule has 1 saturated heterocycles. The molecule has 0 bridgehead atoms. The fourth-order valence-electron chi connectivity index (χ4n) is 2.70. The van der Waals surface area contributed by atoms with Gasteiger partial charge < -0.3 is 0 Å². The normalized spacial score (nSPS) is 17.5. The Bertz CT molecular complexity index is 605. The summed E-state index contributed by atoms with van der Waals surface area (Å²) in [6.45, 7) is 2.86. The van der Waals surface area contributed by atoms with E-state index in [2.05, 4.69) is 0 Å². The second kappa shape index (κ2) is 7.57. The maximum atomic E-state index is 12.4. The second-order valence-corrected chi connectivity index (χ2v) is 8.24. The van der Waals surface area contributed by atoms with Gasteiger partial charge in [-0.1, -0.05) is 24.9 Å². The van der Waals surface area contributed by atoms with E-state index in [4.69, 9.17) is 11.6 Å². The minimum absolute atomic E-state index is 0.0854. The third-order valence-corrected chi connectivity index (χ3v) is 6.31. The van der Waals surface area contributed by atoms with Crippen molar-refractivity contribution in [1.82, 2.24) is 4.31 Å². The molecule has 1 fully saturated rings. The SMILES string of the molecule is CCCCS(=O)(=O)N1CCC(C(=O)c2ccc(Cl)cc2)CC1. The fraction of sp³-hybridized carbons (Fsp3) is 0.562. The van der Waals surface area contributed by atoms with E-state index >= 15 is 0 Å². The van der Waals surface area contributed by atoms with Gasteiger partial charge in [0.1, 0.15) is 0 Å². The minimum atomic E-state index is -3.16. The van der Waals surface area contributed by atoms with Gasteiger partial charge in [-0.05, 0) is 43.5 Å². The lowest BCUT2D eigenvalue weighted by molar-refractivity contribution is 0.0875. The molecule has 1 aliphatic rings. The minimum Gasteiger partial charge on any atom is -0.294 e. The molecule has 0 spiro atoms. The van der Waals surface area contributed by atoms with Gasteiger partial charge in [0.05, 0.1) is 5.75 Å². The van der Waals surface area contributed by atoms with E-state index in [-0.39, 0.29) is 17.5 Å². The highest BCUT2D eigenvalue weighted by Gasteiger charge is 2.30. The number of Topliss-reactive ketones (excluding diaryl/α,β-unsaturated/α-hetero) is 1. The van der Waals surface area contributed by atoms with E-state index in [1.54, 1.807) is 24.3 Å². The summed E-state index contributed by atoms with van der Waals surface area (Å²) in [6.07, 6.45) is 2.73. The monoisotopic (exact) mass is 343 g/mol. The molecule has 0 aromatic heterocycles. The van der Waals surface area contributed by atoms with E-state index in [0.717, 1.165) is 6.42 Å². The summed E-state index contributed by atoms with van der Waals surface area (Å²) in [7, 11) is -3.16. The smallest absolute Gasteiger partial charge is 0.214 e. The predicted octanol–water partition coefficient (Wildman–Crippen LogP) is 3.36. The summed E-state index contributed by atoms with van der Waals surface area (Å²) >= 11 is 5.83. The molecular formula is C16H22ClNO3S. The van der Waals surface area contributed by atoms with E-state index in [9.17, 15) is 13.2 Å². The van der Waals surface area contributed by atoms with Gasteiger partial charge in [-0.3, -0.25) is 4.79 Å². The van der Waals surface area contributed by atoms with Crippen LogP contribution in [0.3, 0.4) is 0 Å². The molecular weight excluding hydrogens is 322 g/mol. The zero-order chi connectivity index (χ0) is 16.2. The van der Waals surface area contributed by atoms with E-state index < -0.39 is 10.0 Å². The van der Waals surface area contributed by atoms with Crippen LogP contribution in [0.4, 0.5) is 0 Å². The molecule has 0 radical (unpaired) electrons. The first kappa shape index (κ1) is 17.4. The van der Waals surface area contributed by atoms with Crippen molar-refractivity contribution < 1.29 is 13.2 Å². The molecule has 0 amide bonds. The molecule has 122 valence electrons. The Kier molecular flexibility index (Phi) is 6.01. The van der Waals surface area contributed by atoms with Crippen molar-refractivity contribution in [1.29, 1.82) is 0 Å². The van der Waals surface area contributed by atoms with E-state index in [0.29, 0.717) is 42.9 Å². The van der Waals surface area contributed by atoms with Gasteiger partial charge in [0.2, 0.25) is 10.0 Å². The van der Waals surface area contributed by atoms with Crippen LogP contribution in [0.5, 0.6) is 0 Å². The third kappa shape index (κ3) is 4.31. The van der Waals surface area contributed by atoms with Crippen LogP contribution in [0.1, 0.15) is 43.0 Å². The van der Waals surface area contributed by atoms with Crippen molar-refractivity contribution in [3.05, 3.63) is 34.9 Å². The molecule has 0 N–H and O–H groups in total. The van der Waals surface area contributed by atoms with Gasteiger partial charge in [0.25, 0.3) is 0 Å². The van der Waals surface area contributed by atoms with Gasteiger partial charge in [-0.2, -0.15) is 0 Å². The van der Waals surface area contributed by atoms with Gasteiger partial charge >= 0.3 is 0 Å². The summed E-state index contributed by atoms with van der Waals surface area (Å²) in [5, 5.41) is 0.605. The summed E-state index contributed by atoms with van der Waals surface area (Å²) in [5.74, 6) is 0.195. The molecule has 22 heavy (non-hydrogen) atoms. The van der Waals surface area contributed by atoms with Crippen LogP contribution < -0.4 is 0 Å². The standard InChI is InChI=1S/C16H22ClNO3S/c1-2-3-12-22(20,21)18-10-8-14(9-11-18)16(19)13-4-6-15(17)7-5-13/h4-7,14H,2-3,8-12H2,1H3. The van der Waals surface area contributed by atoms with E-state index in [1.165, 1.54) is 4.31 Å². The van der Waals surface area contributed by atoms with Crippen LogP contribution in [-0.4, -0.2) is 37.3 Å². The zero-order valence-corrected chi connectivity index (χ0v) is 14.4. The summed E-state index contributed by atoms with van der Waals surface area (Å²) < 4.78 is 25.8. The largest absolute Gasteiger partial charge is 0.294 e. The lowest BCUT2D eigenvalue weighted by Crippen LogP contribution is -2.41. The molecule has 1 aliphatic heterocycles. The number of rotatable bonds is 6. The van der Waals surface area contributed by atoms with E-state index in [1.807, 2.05) is 6.92 Å². The number of nitrogens with zero attached hydrogens (tertiary/aromatic N) is 1. The van der Waals surface area contributed by atoms with Crippen molar-refractivity contribution in [3.8, 4) is 0 Å². The maximum Gasteiger partial charge on any atom is 0.214 e. The quantitative estimate of drug-likeness (QED) is 0.744. The Morgan fingerprint density at radius 3 is 2.36 bits per heavy atom. The van der Waals surface area contributed by atoms with Gasteiger partial charge in [0.15, 0.2) is 5.78 Å². The number of ketones is 1. The van der Waals surface area contributed by atoms with Crippen LogP contribution in [0.2, 0.25) is 5.02 Å². The molecule has 0 unspecified atom stereocenters. The number of hydrogen-bond donors (Lipinski definition) is 0. The van der Waals surface area contributed by atoms with Crippen molar-refractivity contribution in [2.24, 2.45) is 5.92 Å². The van der Waals surface area contributed by atoms with Gasteiger partial charge in [-0.15, -0.1) is 0 Å². The third-order valence-electron chi connectivity index (χ3n) is 4.10. The highest BCUT2D eigenvalue weighted by molar-refractivity contribution is 7.89. The second-order valence-electron chi connectivity index (χ2n) is 5.71. The molecule has 0 aliphatic carbocycles. The van der Waals surface area contributed by atoms with Gasteiger partial charge in [0, 0.05) is 29.6 Å². The summed E-state index contributed by atoms with van der Waals surface area (Å²) in [5.41, 5.74) is 0.650. The first-order valence-corrected chi connectivity index (χ1v) is 9.70. The van der Waals surface area contributed by atoms with Crippen LogP contribution in [0.25, 0.3) is 0 Å². The Hall–Kier alpha value is -0.910. The van der Waals surface area contributed by atoms with Crippen LogP contribution in [0, 0.1) is 5.92 Å². The zero-order valence-electron chi connectivity index (χ0n) is 12.8. The summed E-state index contributed by atoms with van der Waals surface area (Å²) in [6, 6.07) is 6.88. The lowest BCUT2D eigenvalue weighted by Gasteiger charge is -2.30. The number of carbonyl (C=O) groups is 1. The molecule has 0 atom stereocenters. The number of benzene rings is 1. The molecule has 1 aromatic carbocycles. The average molecular weight is 344 g/mol. The molecule has 6 heteroatoms. The van der Waals surface area contributed by atoms with Crippen LogP contribution in [0.15, 0.2) is 24.3 Å². The number of unbranched alkanes of at least 4 members (excludes halogenated alkanes) is 1. The fourth-order valence-corrected chi connectivity index (χ4v) is 4.51. The van der Waals surface area contributed by atoms with Crippen LogP contribution >= 0.6 is 11.6 Å². The number of piperidine rings is 1. The molecule has 1 heterocycles. The predicted molar refractivity (Wildman–Crippen MR) is 88.8 cm³/mol. The van der Waals surface area contributed by atoms with Crippen molar-refractivity contribution >= 4 is 27.4 Å². The van der Waals surface area contributed by atoms with Gasteiger partial charge in [-0.25, -0.2) is 12.7 Å². The molecule has 1 aromatic rings. The van der Waals surface area contributed by atoms with Crippen LogP contribution in [-0.2, 0) is 10.0 Å². The average Bonchev–Trinajstić information content (AvgIpc) is 2.53. The Morgan fingerprint density at radius 2 is 1.82 bits per heavy atom. The molecule has 0 saturated carbocycles. The number of carbonyl (C=O) groups excluding carboxylic acids is 1. The highest BCUT2D eigenvalue weighted by Crippen LogP contribution is 2.24. The number of halogens is 1. The maximum absolute atomic E-state index is 12.4. The Morgan fingerprint density at radius 1 is 1.23 bits per heavy atom. The Labute approximate surface area is 137 Å². The van der Waals surface area contributed by atoms with Crippen molar-refractivity contribution in [2.75, 3.05) is 18.8 Å². The Balaban J connectivity index is 1.94. The topological polar surface area (TPSA) is 54.5 Å².